The summed E-state index contributed by atoms with van der Waals surface area (Å²) in [6.07, 6.45) is 2.65. The molecule has 7 nitrogen and oxygen atoms in total. The molecule has 0 bridgehead atoms. The van der Waals surface area contributed by atoms with E-state index in [1.54, 1.807) is 6.20 Å². The van der Waals surface area contributed by atoms with Gasteiger partial charge in [0.25, 0.3) is 0 Å². The lowest BCUT2D eigenvalue weighted by molar-refractivity contribution is -0.0236. The Morgan fingerprint density at radius 2 is 1.80 bits per heavy atom. The maximum atomic E-state index is 10.8. The van der Waals surface area contributed by atoms with Crippen LogP contribution in [0, 0.1) is 32.6 Å². The molecule has 30 heavy (non-hydrogen) atoms. The Hall–Kier alpha value is -2.80. The first-order valence-corrected chi connectivity index (χ1v) is 10.6. The van der Waals surface area contributed by atoms with Gasteiger partial charge in [0.2, 0.25) is 0 Å². The molecule has 0 spiro atoms. The molecule has 5 rings (SSSR count). The molecule has 1 saturated carbocycles. The largest absolute Gasteiger partial charge is 0.486 e. The van der Waals surface area contributed by atoms with Gasteiger partial charge in [-0.05, 0) is 69.7 Å². The summed E-state index contributed by atoms with van der Waals surface area (Å²) in [6, 6.07) is 7.88. The molecule has 3 aromatic heterocycles. The second kappa shape index (κ2) is 7.47. The van der Waals surface area contributed by atoms with Crippen molar-refractivity contribution in [2.24, 2.45) is 11.8 Å². The number of pyridine rings is 2. The highest BCUT2D eigenvalue weighted by Gasteiger charge is 2.43. The van der Waals surface area contributed by atoms with Gasteiger partial charge in [-0.15, -0.1) is 0 Å². The third kappa shape index (κ3) is 3.47. The van der Waals surface area contributed by atoms with Crippen molar-refractivity contribution >= 4 is 16.9 Å². The number of hydrogen-bond donors (Lipinski definition) is 1. The van der Waals surface area contributed by atoms with E-state index in [1.165, 1.54) is 0 Å². The topological polar surface area (TPSA) is 84.3 Å². The van der Waals surface area contributed by atoms with E-state index in [4.69, 9.17) is 9.72 Å². The molecule has 0 radical (unpaired) electrons. The Bertz CT molecular complexity index is 1090. The second-order valence-corrected chi connectivity index (χ2v) is 8.63. The molecule has 4 atom stereocenters. The van der Waals surface area contributed by atoms with Gasteiger partial charge in [0.05, 0.1) is 17.2 Å². The first kappa shape index (κ1) is 19.2. The Morgan fingerprint density at radius 1 is 1.00 bits per heavy atom. The average Bonchev–Trinajstić information content (AvgIpc) is 3.12. The minimum absolute atomic E-state index is 0.208. The molecule has 0 amide bonds. The molecule has 0 unspecified atom stereocenters. The fourth-order valence-corrected chi connectivity index (χ4v) is 4.94. The van der Waals surface area contributed by atoms with E-state index in [-0.39, 0.29) is 6.10 Å². The van der Waals surface area contributed by atoms with Gasteiger partial charge >= 0.3 is 0 Å². The molecular formula is C23H27N5O2. The lowest BCUT2D eigenvalue weighted by Gasteiger charge is -2.35. The van der Waals surface area contributed by atoms with Crippen molar-refractivity contribution in [2.75, 3.05) is 18.0 Å². The van der Waals surface area contributed by atoms with Crippen LogP contribution >= 0.6 is 0 Å². The molecular weight excluding hydrogens is 378 g/mol. The van der Waals surface area contributed by atoms with E-state index in [2.05, 4.69) is 19.9 Å². The van der Waals surface area contributed by atoms with Gasteiger partial charge in [-0.25, -0.2) is 15.0 Å². The molecule has 3 aromatic rings. The standard InChI is InChI=1S/C23H27N5O2/c1-13-6-7-20(14(2)25-13)30-21-10-17-12-28(11-16(17)9-19(21)29)23-18-5-4-8-24-22(18)26-15(3)27-23/h4-8,16-17,19,21,29H,9-12H2,1-3H3/t16-,17+,19+,21+/m0/s1. The maximum Gasteiger partial charge on any atom is 0.164 e. The van der Waals surface area contributed by atoms with Crippen LogP contribution in [0.25, 0.3) is 11.0 Å². The zero-order valence-corrected chi connectivity index (χ0v) is 17.6. The van der Waals surface area contributed by atoms with Crippen LogP contribution < -0.4 is 9.64 Å². The van der Waals surface area contributed by atoms with Crippen LogP contribution in [-0.2, 0) is 0 Å². The van der Waals surface area contributed by atoms with E-state index in [9.17, 15) is 5.11 Å². The molecule has 2 fully saturated rings. The highest BCUT2D eigenvalue weighted by Crippen LogP contribution is 2.40. The van der Waals surface area contributed by atoms with E-state index >= 15 is 0 Å². The highest BCUT2D eigenvalue weighted by atomic mass is 16.5. The highest BCUT2D eigenvalue weighted by molar-refractivity contribution is 5.87. The fraction of sp³-hybridized carbons (Fsp3) is 0.478. The van der Waals surface area contributed by atoms with Crippen LogP contribution in [0.3, 0.4) is 0 Å². The monoisotopic (exact) mass is 405 g/mol. The number of aryl methyl sites for hydroxylation is 3. The maximum absolute atomic E-state index is 10.8. The first-order valence-electron chi connectivity index (χ1n) is 10.6. The van der Waals surface area contributed by atoms with Gasteiger partial charge in [0, 0.05) is 25.0 Å². The number of nitrogens with zero attached hydrogens (tertiary/aromatic N) is 5. The number of aliphatic hydroxyl groups is 1. The molecule has 1 saturated heterocycles. The van der Waals surface area contributed by atoms with Crippen LogP contribution in [0.1, 0.15) is 30.1 Å². The van der Waals surface area contributed by atoms with Crippen molar-refractivity contribution in [3.05, 3.63) is 47.7 Å². The fourth-order valence-electron chi connectivity index (χ4n) is 4.94. The normalized spacial score (nSPS) is 26.1. The SMILES string of the molecule is Cc1ccc(O[C@@H]2C[C@@H]3CN(c4nc(C)nc5ncccc45)C[C@@H]3C[C@H]2O)c(C)n1. The number of fused-ring (bicyclic) bond motifs is 2. The first-order chi connectivity index (χ1) is 14.5. The average molecular weight is 406 g/mol. The summed E-state index contributed by atoms with van der Waals surface area (Å²) in [4.78, 5) is 20.4. The predicted molar refractivity (Wildman–Crippen MR) is 115 cm³/mol. The summed E-state index contributed by atoms with van der Waals surface area (Å²) < 4.78 is 6.23. The zero-order valence-electron chi connectivity index (χ0n) is 17.6. The Kier molecular flexibility index (Phi) is 4.77. The predicted octanol–water partition coefficient (Wildman–Crippen LogP) is 3.00. The van der Waals surface area contributed by atoms with Gasteiger partial charge in [-0.3, -0.25) is 4.98 Å². The number of rotatable bonds is 3. The van der Waals surface area contributed by atoms with Crippen molar-refractivity contribution in [3.8, 4) is 5.75 Å². The summed E-state index contributed by atoms with van der Waals surface area (Å²) >= 11 is 0. The Morgan fingerprint density at radius 3 is 2.60 bits per heavy atom. The summed E-state index contributed by atoms with van der Waals surface area (Å²) in [5.74, 6) is 3.33. The zero-order chi connectivity index (χ0) is 20.8. The molecule has 156 valence electrons. The molecule has 1 aliphatic heterocycles. The van der Waals surface area contributed by atoms with E-state index in [1.807, 2.05) is 45.0 Å². The third-order valence-electron chi connectivity index (χ3n) is 6.40. The van der Waals surface area contributed by atoms with Gasteiger partial charge in [-0.1, -0.05) is 0 Å². The number of aliphatic hydroxyl groups excluding tert-OH is 1. The van der Waals surface area contributed by atoms with Crippen molar-refractivity contribution in [1.29, 1.82) is 0 Å². The number of aromatic nitrogens is 4. The minimum atomic E-state index is -0.475. The molecule has 1 aliphatic carbocycles. The molecule has 7 heteroatoms. The molecule has 2 aliphatic rings. The van der Waals surface area contributed by atoms with Gasteiger partial charge in [0.15, 0.2) is 5.65 Å². The summed E-state index contributed by atoms with van der Waals surface area (Å²) in [6.45, 7) is 7.63. The molecule has 1 N–H and O–H groups in total. The van der Waals surface area contributed by atoms with Crippen molar-refractivity contribution in [3.63, 3.8) is 0 Å². The van der Waals surface area contributed by atoms with Gasteiger partial charge in [-0.2, -0.15) is 0 Å². The van der Waals surface area contributed by atoms with Crippen LogP contribution in [0.15, 0.2) is 30.5 Å². The van der Waals surface area contributed by atoms with Gasteiger partial charge in [0.1, 0.15) is 23.5 Å². The number of hydrogen-bond acceptors (Lipinski definition) is 7. The quantitative estimate of drug-likeness (QED) is 0.717. The Labute approximate surface area is 176 Å². The number of ether oxygens (including phenoxy) is 1. The second-order valence-electron chi connectivity index (χ2n) is 8.63. The van der Waals surface area contributed by atoms with Crippen LogP contribution in [0.2, 0.25) is 0 Å². The molecule has 4 heterocycles. The Balaban J connectivity index is 1.36. The van der Waals surface area contributed by atoms with E-state index in [0.29, 0.717) is 11.8 Å². The van der Waals surface area contributed by atoms with Crippen LogP contribution in [0.5, 0.6) is 5.75 Å². The summed E-state index contributed by atoms with van der Waals surface area (Å²) in [7, 11) is 0. The minimum Gasteiger partial charge on any atom is -0.486 e. The number of anilines is 1. The van der Waals surface area contributed by atoms with Gasteiger partial charge < -0.3 is 14.7 Å². The van der Waals surface area contributed by atoms with E-state index in [0.717, 1.165) is 65.7 Å². The van der Waals surface area contributed by atoms with Crippen LogP contribution in [0.4, 0.5) is 5.82 Å². The summed E-state index contributed by atoms with van der Waals surface area (Å²) in [5, 5.41) is 11.8. The van der Waals surface area contributed by atoms with Crippen LogP contribution in [-0.4, -0.2) is 50.3 Å². The van der Waals surface area contributed by atoms with Crippen molar-refractivity contribution in [2.45, 2.75) is 45.8 Å². The molecule has 0 aromatic carbocycles. The smallest absolute Gasteiger partial charge is 0.164 e. The lowest BCUT2D eigenvalue weighted by Crippen LogP contribution is -2.42. The summed E-state index contributed by atoms with van der Waals surface area (Å²) in [5.41, 5.74) is 2.57. The van der Waals surface area contributed by atoms with Crippen molar-refractivity contribution in [1.82, 2.24) is 19.9 Å². The lowest BCUT2D eigenvalue weighted by atomic mass is 9.78. The van der Waals surface area contributed by atoms with Crippen molar-refractivity contribution < 1.29 is 9.84 Å². The van der Waals surface area contributed by atoms with E-state index < -0.39 is 6.10 Å². The third-order valence-corrected chi connectivity index (χ3v) is 6.40.